The van der Waals surface area contributed by atoms with Crippen molar-refractivity contribution in [2.24, 2.45) is 0 Å². The molecule has 0 saturated carbocycles. The van der Waals surface area contributed by atoms with E-state index in [4.69, 9.17) is 18.9 Å². The summed E-state index contributed by atoms with van der Waals surface area (Å²) >= 11 is 0. The van der Waals surface area contributed by atoms with Crippen molar-refractivity contribution >= 4 is 17.9 Å². The number of esters is 3. The maximum atomic E-state index is 11.1. The van der Waals surface area contributed by atoms with Gasteiger partial charge in [0.1, 0.15) is 6.61 Å². The van der Waals surface area contributed by atoms with Gasteiger partial charge in [-0.2, -0.15) is 0 Å². The van der Waals surface area contributed by atoms with Crippen LogP contribution in [0.25, 0.3) is 0 Å². The fourth-order valence-electron chi connectivity index (χ4n) is 1.59. The van der Waals surface area contributed by atoms with E-state index in [2.05, 4.69) is 0 Å². The quantitative estimate of drug-likeness (QED) is 0.538. The van der Waals surface area contributed by atoms with Crippen LogP contribution in [-0.2, 0) is 33.3 Å². The topological polar surface area (TPSA) is 88.1 Å². The zero-order valence-corrected chi connectivity index (χ0v) is 11.0. The van der Waals surface area contributed by atoms with E-state index in [9.17, 15) is 14.4 Å². The van der Waals surface area contributed by atoms with Gasteiger partial charge in [-0.1, -0.05) is 0 Å². The van der Waals surface area contributed by atoms with Gasteiger partial charge in [0, 0.05) is 20.8 Å². The number of ether oxygens (including phenoxy) is 4. The lowest BCUT2D eigenvalue weighted by Gasteiger charge is -2.32. The van der Waals surface area contributed by atoms with Gasteiger partial charge in [-0.3, -0.25) is 14.4 Å². The summed E-state index contributed by atoms with van der Waals surface area (Å²) in [5.74, 6) is -1.54. The van der Waals surface area contributed by atoms with Gasteiger partial charge < -0.3 is 18.9 Å². The molecule has 0 aliphatic carbocycles. The Labute approximate surface area is 110 Å². The number of carbonyl (C=O) groups is 3. The Kier molecular flexibility index (Phi) is 5.35. The molecule has 106 valence electrons. The molecule has 0 fully saturated rings. The van der Waals surface area contributed by atoms with Gasteiger partial charge in [0.15, 0.2) is 18.3 Å². The summed E-state index contributed by atoms with van der Waals surface area (Å²) in [6, 6.07) is 0. The molecule has 1 aliphatic rings. The fourth-order valence-corrected chi connectivity index (χ4v) is 1.59. The van der Waals surface area contributed by atoms with Crippen LogP contribution in [0.1, 0.15) is 20.8 Å². The van der Waals surface area contributed by atoms with Crippen molar-refractivity contribution in [3.63, 3.8) is 0 Å². The van der Waals surface area contributed by atoms with Crippen LogP contribution in [0.3, 0.4) is 0 Å². The number of carbonyl (C=O) groups excluding carboxylic acids is 3. The third-order valence-electron chi connectivity index (χ3n) is 2.27. The van der Waals surface area contributed by atoms with Crippen molar-refractivity contribution in [1.82, 2.24) is 0 Å². The summed E-state index contributed by atoms with van der Waals surface area (Å²) in [4.78, 5) is 32.9. The molecule has 3 atom stereocenters. The van der Waals surface area contributed by atoms with Gasteiger partial charge in [0.25, 0.3) is 0 Å². The largest absolute Gasteiger partial charge is 0.491 e. The molecule has 0 aromatic carbocycles. The van der Waals surface area contributed by atoms with Crippen molar-refractivity contribution < 1.29 is 33.3 Å². The smallest absolute Gasteiger partial charge is 0.303 e. The van der Waals surface area contributed by atoms with Crippen molar-refractivity contribution in [3.05, 3.63) is 12.3 Å². The highest BCUT2D eigenvalue weighted by molar-refractivity contribution is 5.68. The van der Waals surface area contributed by atoms with E-state index in [1.54, 1.807) is 0 Å². The highest BCUT2D eigenvalue weighted by Gasteiger charge is 2.37. The van der Waals surface area contributed by atoms with Crippen LogP contribution in [0.5, 0.6) is 0 Å². The first kappa shape index (κ1) is 15.0. The molecule has 0 radical (unpaired) electrons. The molecule has 7 nitrogen and oxygen atoms in total. The summed E-state index contributed by atoms with van der Waals surface area (Å²) in [5, 5.41) is 0. The Balaban J connectivity index is 2.77. The Morgan fingerprint density at radius 3 is 2.21 bits per heavy atom. The van der Waals surface area contributed by atoms with Gasteiger partial charge in [-0.25, -0.2) is 0 Å². The monoisotopic (exact) mass is 272 g/mol. The molecular weight excluding hydrogens is 256 g/mol. The maximum Gasteiger partial charge on any atom is 0.303 e. The van der Waals surface area contributed by atoms with Crippen molar-refractivity contribution in [2.75, 3.05) is 6.61 Å². The SMILES string of the molecule is CC(=O)OCC1OC=C[C@@H](OC(C)=O)[C@H]1OC(C)=O. The van der Waals surface area contributed by atoms with Gasteiger partial charge in [0.2, 0.25) is 0 Å². The molecule has 0 amide bonds. The standard InChI is InChI=1S/C12H16O7/c1-7(13)17-6-11-12(19-9(3)15)10(4-5-16-11)18-8(2)14/h4-5,10-12H,6H2,1-3H3/t10-,11?,12-/m1/s1. The second kappa shape index (κ2) is 6.77. The molecule has 1 aliphatic heterocycles. The molecule has 0 bridgehead atoms. The van der Waals surface area contributed by atoms with E-state index in [1.165, 1.54) is 33.1 Å². The molecule has 1 unspecified atom stereocenters. The zero-order chi connectivity index (χ0) is 14.4. The lowest BCUT2D eigenvalue weighted by atomic mass is 10.1. The highest BCUT2D eigenvalue weighted by Crippen LogP contribution is 2.19. The minimum absolute atomic E-state index is 0.102. The van der Waals surface area contributed by atoms with Crippen LogP contribution in [0.4, 0.5) is 0 Å². The van der Waals surface area contributed by atoms with E-state index >= 15 is 0 Å². The number of hydrogen-bond donors (Lipinski definition) is 0. The lowest BCUT2D eigenvalue weighted by Crippen LogP contribution is -2.47. The fraction of sp³-hybridized carbons (Fsp3) is 0.583. The van der Waals surface area contributed by atoms with Crippen LogP contribution in [0, 0.1) is 0 Å². The van der Waals surface area contributed by atoms with E-state index in [0.29, 0.717) is 0 Å². The summed E-state index contributed by atoms with van der Waals surface area (Å²) in [6.07, 6.45) is 0.435. The van der Waals surface area contributed by atoms with Gasteiger partial charge in [0.05, 0.1) is 6.26 Å². The molecular formula is C12H16O7. The first-order valence-corrected chi connectivity index (χ1v) is 5.70. The van der Waals surface area contributed by atoms with Crippen LogP contribution in [0.2, 0.25) is 0 Å². The summed E-state index contributed by atoms with van der Waals surface area (Å²) < 4.78 is 20.1. The van der Waals surface area contributed by atoms with Crippen LogP contribution in [0.15, 0.2) is 12.3 Å². The van der Waals surface area contributed by atoms with Crippen molar-refractivity contribution in [3.8, 4) is 0 Å². The van der Waals surface area contributed by atoms with Crippen molar-refractivity contribution in [2.45, 2.75) is 39.1 Å². The van der Waals surface area contributed by atoms with E-state index in [1.807, 2.05) is 0 Å². The van der Waals surface area contributed by atoms with Gasteiger partial charge in [-0.15, -0.1) is 0 Å². The summed E-state index contributed by atoms with van der Waals surface area (Å²) in [6.45, 7) is 3.62. The molecule has 1 rings (SSSR count). The van der Waals surface area contributed by atoms with Crippen molar-refractivity contribution in [1.29, 1.82) is 0 Å². The average molecular weight is 272 g/mol. The van der Waals surface area contributed by atoms with Crippen LogP contribution >= 0.6 is 0 Å². The predicted molar refractivity (Wildman–Crippen MR) is 61.8 cm³/mol. The number of rotatable bonds is 4. The second-order valence-corrected chi connectivity index (χ2v) is 3.95. The molecule has 0 aromatic rings. The molecule has 0 aromatic heterocycles. The van der Waals surface area contributed by atoms with E-state index in [0.717, 1.165) is 0 Å². The normalized spacial score (nSPS) is 25.1. The molecule has 0 N–H and O–H groups in total. The van der Waals surface area contributed by atoms with Crippen LogP contribution < -0.4 is 0 Å². The highest BCUT2D eigenvalue weighted by atomic mass is 16.6. The minimum Gasteiger partial charge on any atom is -0.491 e. The molecule has 0 saturated heterocycles. The number of hydrogen-bond acceptors (Lipinski definition) is 7. The zero-order valence-electron chi connectivity index (χ0n) is 11.0. The Morgan fingerprint density at radius 1 is 1.05 bits per heavy atom. The molecule has 19 heavy (non-hydrogen) atoms. The van der Waals surface area contributed by atoms with E-state index < -0.39 is 36.2 Å². The minimum atomic E-state index is -0.856. The third kappa shape index (κ3) is 4.99. The maximum absolute atomic E-state index is 11.1. The molecule has 0 spiro atoms. The first-order chi connectivity index (χ1) is 8.90. The average Bonchev–Trinajstić information content (AvgIpc) is 2.28. The van der Waals surface area contributed by atoms with Gasteiger partial charge in [-0.05, 0) is 6.08 Å². The Hall–Kier alpha value is -2.05. The van der Waals surface area contributed by atoms with Crippen LogP contribution in [-0.4, -0.2) is 42.8 Å². The molecule has 7 heteroatoms. The van der Waals surface area contributed by atoms with E-state index in [-0.39, 0.29) is 6.61 Å². The summed E-state index contributed by atoms with van der Waals surface area (Å²) in [7, 11) is 0. The second-order valence-electron chi connectivity index (χ2n) is 3.95. The summed E-state index contributed by atoms with van der Waals surface area (Å²) in [5.41, 5.74) is 0. The van der Waals surface area contributed by atoms with Gasteiger partial charge >= 0.3 is 17.9 Å². The predicted octanol–water partition coefficient (Wildman–Crippen LogP) is 0.325. The lowest BCUT2D eigenvalue weighted by molar-refractivity contribution is -0.178. The third-order valence-corrected chi connectivity index (χ3v) is 2.27. The Morgan fingerprint density at radius 2 is 1.68 bits per heavy atom. The Bertz CT molecular complexity index is 388. The first-order valence-electron chi connectivity index (χ1n) is 5.70. The molecule has 1 heterocycles.